The lowest BCUT2D eigenvalue weighted by molar-refractivity contribution is 0.483. The SMILES string of the molecule is [2H]c1c([2H])c([2H])c(-c2cccc(-c3cc(-c4ccccc4)cc(C(C)(C)C)c3)c2N2CN(c3cccc(Oc4ccc5c(c4)N(c4cc(C(C)(C)C)ccn4)c4ccccc4[Si]54c5cc(C(C)(C)C)ccc5-c5ccc(C(C)(C)C)cc54)c3)c3ccccc32)c([2H])c1[2H]. The molecule has 0 saturated heterocycles. The maximum absolute atomic E-state index is 9.42. The van der Waals surface area contributed by atoms with Gasteiger partial charge in [-0.25, -0.2) is 4.98 Å². The Balaban J connectivity index is 0.926. The molecule has 0 fully saturated rings. The van der Waals surface area contributed by atoms with Crippen LogP contribution in [0.1, 0.15) is 112 Å². The third kappa shape index (κ3) is 9.64. The second-order valence-corrected chi connectivity index (χ2v) is 31.8. The van der Waals surface area contributed by atoms with Crippen molar-refractivity contribution < 1.29 is 11.6 Å². The van der Waals surface area contributed by atoms with Crippen LogP contribution in [0.25, 0.3) is 44.5 Å². The summed E-state index contributed by atoms with van der Waals surface area (Å²) >= 11 is 0. The summed E-state index contributed by atoms with van der Waals surface area (Å²) in [7, 11) is -3.14. The van der Waals surface area contributed by atoms with Crippen LogP contribution in [-0.2, 0) is 21.7 Å². The zero-order valence-electron chi connectivity index (χ0n) is 57.6. The second kappa shape index (κ2) is 21.0. The van der Waals surface area contributed by atoms with Crippen molar-refractivity contribution in [3.63, 3.8) is 0 Å². The molecular formula is C82H78N4OSi. The van der Waals surface area contributed by atoms with E-state index in [-0.39, 0.29) is 51.4 Å². The minimum atomic E-state index is -3.14. The van der Waals surface area contributed by atoms with Crippen LogP contribution in [0.4, 0.5) is 39.9 Å². The Kier molecular flexibility index (Phi) is 12.1. The summed E-state index contributed by atoms with van der Waals surface area (Å²) < 4.78 is 52.5. The van der Waals surface area contributed by atoms with E-state index in [0.717, 1.165) is 67.8 Å². The summed E-state index contributed by atoms with van der Waals surface area (Å²) in [5.74, 6) is 2.18. The van der Waals surface area contributed by atoms with Gasteiger partial charge in [0.05, 0.1) is 29.6 Å². The van der Waals surface area contributed by atoms with Crippen LogP contribution >= 0.6 is 0 Å². The van der Waals surface area contributed by atoms with Crippen LogP contribution in [0.3, 0.4) is 0 Å². The molecule has 11 aromatic rings. The Morgan fingerprint density at radius 3 is 1.60 bits per heavy atom. The zero-order chi connectivity index (χ0) is 65.4. The maximum Gasteiger partial charge on any atom is 0.185 e. The van der Waals surface area contributed by atoms with Gasteiger partial charge in [-0.1, -0.05) is 253 Å². The number of aromatic nitrogens is 1. The average Bonchev–Trinajstić information content (AvgIpc) is 1.57. The zero-order valence-corrected chi connectivity index (χ0v) is 53.6. The molecule has 436 valence electrons. The van der Waals surface area contributed by atoms with E-state index >= 15 is 0 Å². The molecule has 0 unspecified atom stereocenters. The summed E-state index contributed by atoms with van der Waals surface area (Å²) in [6, 6.07) is 72.7. The van der Waals surface area contributed by atoms with E-state index in [2.05, 4.69) is 262 Å². The summed E-state index contributed by atoms with van der Waals surface area (Å²) in [4.78, 5) is 12.1. The minimum Gasteiger partial charge on any atom is -0.457 e. The Hall–Kier alpha value is -9.23. The van der Waals surface area contributed by atoms with Crippen LogP contribution in [0.15, 0.2) is 243 Å². The molecule has 14 rings (SSSR count). The number of fused-ring (bicyclic) bond motifs is 10. The molecule has 4 heterocycles. The molecule has 3 aliphatic heterocycles. The number of benzene rings is 10. The van der Waals surface area contributed by atoms with Gasteiger partial charge in [-0.3, -0.25) is 4.90 Å². The Bertz CT molecular complexity index is 4750. The lowest BCUT2D eigenvalue weighted by atomic mass is 9.82. The highest BCUT2D eigenvalue weighted by molar-refractivity contribution is 7.23. The van der Waals surface area contributed by atoms with Crippen molar-refractivity contribution in [3.05, 3.63) is 265 Å². The molecule has 3 aliphatic rings. The predicted molar refractivity (Wildman–Crippen MR) is 375 cm³/mol. The van der Waals surface area contributed by atoms with E-state index in [1.54, 1.807) is 0 Å². The van der Waals surface area contributed by atoms with Gasteiger partial charge in [0.2, 0.25) is 0 Å². The van der Waals surface area contributed by atoms with E-state index in [4.69, 9.17) is 13.8 Å². The molecule has 0 radical (unpaired) electrons. The van der Waals surface area contributed by atoms with Crippen LogP contribution in [0.5, 0.6) is 11.5 Å². The van der Waals surface area contributed by atoms with Crippen molar-refractivity contribution in [1.82, 2.24) is 4.98 Å². The van der Waals surface area contributed by atoms with Crippen molar-refractivity contribution in [1.29, 1.82) is 0 Å². The summed E-state index contributed by atoms with van der Waals surface area (Å²) in [5, 5.41) is 5.42. The molecule has 88 heavy (non-hydrogen) atoms. The fourth-order valence-electron chi connectivity index (χ4n) is 13.6. The molecule has 0 atom stereocenters. The summed E-state index contributed by atoms with van der Waals surface area (Å²) in [5.41, 5.74) is 17.2. The third-order valence-corrected chi connectivity index (χ3v) is 23.2. The molecule has 0 amide bonds. The lowest BCUT2D eigenvalue weighted by Gasteiger charge is -2.44. The summed E-state index contributed by atoms with van der Waals surface area (Å²) in [6.07, 6.45) is 1.95. The van der Waals surface area contributed by atoms with Crippen LogP contribution in [0.2, 0.25) is 0 Å². The van der Waals surface area contributed by atoms with E-state index < -0.39 is 14.1 Å². The van der Waals surface area contributed by atoms with Crippen LogP contribution < -0.4 is 40.2 Å². The molecule has 5 nitrogen and oxygen atoms in total. The number of rotatable bonds is 8. The van der Waals surface area contributed by atoms with Gasteiger partial charge in [0.15, 0.2) is 8.07 Å². The number of hydrogen-bond acceptors (Lipinski definition) is 5. The van der Waals surface area contributed by atoms with Gasteiger partial charge >= 0.3 is 0 Å². The van der Waals surface area contributed by atoms with Crippen molar-refractivity contribution in [2.45, 2.75) is 105 Å². The van der Waals surface area contributed by atoms with Gasteiger partial charge in [-0.05, 0) is 153 Å². The van der Waals surface area contributed by atoms with Crippen molar-refractivity contribution in [2.24, 2.45) is 0 Å². The van der Waals surface area contributed by atoms with Gasteiger partial charge in [0, 0.05) is 40.8 Å². The number of hydrogen-bond donors (Lipinski definition) is 0. The molecule has 1 aromatic heterocycles. The van der Waals surface area contributed by atoms with E-state index in [1.807, 2.05) is 48.7 Å². The first kappa shape index (κ1) is 50.9. The molecule has 0 bridgehead atoms. The number of anilines is 7. The van der Waals surface area contributed by atoms with Crippen LogP contribution in [0, 0.1) is 0 Å². The normalized spacial score (nSPS) is 14.9. The molecule has 6 heteroatoms. The number of ether oxygens (including phenoxy) is 1. The molecular weight excluding hydrogens is 1090 g/mol. The Labute approximate surface area is 529 Å². The van der Waals surface area contributed by atoms with Crippen molar-refractivity contribution in [3.8, 4) is 56.0 Å². The van der Waals surface area contributed by atoms with E-state index in [9.17, 15) is 2.74 Å². The molecule has 1 spiro atoms. The molecule has 0 saturated carbocycles. The first-order chi connectivity index (χ1) is 44.2. The lowest BCUT2D eigenvalue weighted by Crippen LogP contribution is -2.75. The van der Waals surface area contributed by atoms with E-state index in [0.29, 0.717) is 23.7 Å². The van der Waals surface area contributed by atoms with E-state index in [1.165, 1.54) is 48.6 Å². The van der Waals surface area contributed by atoms with Gasteiger partial charge in [-0.15, -0.1) is 0 Å². The second-order valence-electron chi connectivity index (χ2n) is 28.2. The monoisotopic (exact) mass is 1170 g/mol. The highest BCUT2D eigenvalue weighted by atomic mass is 28.3. The number of pyridine rings is 1. The Morgan fingerprint density at radius 2 is 0.943 bits per heavy atom. The third-order valence-electron chi connectivity index (χ3n) is 18.3. The Morgan fingerprint density at radius 1 is 0.386 bits per heavy atom. The predicted octanol–water partition coefficient (Wildman–Crippen LogP) is 19.5. The fourth-order valence-corrected chi connectivity index (χ4v) is 19.1. The van der Waals surface area contributed by atoms with Gasteiger partial charge in [0.25, 0.3) is 0 Å². The standard InChI is InChI=1S/C82H78N4OSi/c1-79(2,3)58-37-40-67-68-41-38-59(80(4,5)6)49-76(68)88(75(67)48-58)73-36-22-21-35-71(73)86(77-50-60(43-44-83-77)81(7,8)9)72-52-64(39-42-74(72)88)87-63-30-23-29-62(51-63)84-53-85(70-34-20-19-33-69(70)84)78-65(55-27-17-14-18-28-55)31-24-32-66(78)57-45-56(54-25-15-13-16-26-54)46-61(47-57)82(10,11)12/h13-52H,53H2,1-12H3/i14D,17D,18D,27D,28D. The number of para-hydroxylation sites is 4. The molecule has 10 aromatic carbocycles. The fraction of sp³-hybridized carbons (Fsp3) is 0.207. The first-order valence-corrected chi connectivity index (χ1v) is 32.9. The van der Waals surface area contributed by atoms with Crippen LogP contribution in [-0.4, -0.2) is 19.7 Å². The topological polar surface area (TPSA) is 31.8 Å². The maximum atomic E-state index is 9.42. The van der Waals surface area contributed by atoms with Crippen molar-refractivity contribution >= 4 is 68.8 Å². The minimum absolute atomic E-state index is 0.0918. The number of nitrogens with zero attached hydrogens (tertiary/aromatic N) is 4. The largest absolute Gasteiger partial charge is 0.457 e. The van der Waals surface area contributed by atoms with Gasteiger partial charge in [0.1, 0.15) is 24.0 Å². The molecule has 0 aliphatic carbocycles. The van der Waals surface area contributed by atoms with Gasteiger partial charge < -0.3 is 14.5 Å². The van der Waals surface area contributed by atoms with Crippen molar-refractivity contribution in [2.75, 3.05) is 21.4 Å². The average molecular weight is 1170 g/mol. The smallest absolute Gasteiger partial charge is 0.185 e. The quantitative estimate of drug-likeness (QED) is 0.142. The van der Waals surface area contributed by atoms with Gasteiger partial charge in [-0.2, -0.15) is 0 Å². The summed E-state index contributed by atoms with van der Waals surface area (Å²) in [6.45, 7) is 27.6. The first-order valence-electron chi connectivity index (χ1n) is 33.4. The highest BCUT2D eigenvalue weighted by Gasteiger charge is 2.55. The highest BCUT2D eigenvalue weighted by Crippen LogP contribution is 2.52. The molecule has 0 N–H and O–H groups in total.